The van der Waals surface area contributed by atoms with Crippen LogP contribution in [0.5, 0.6) is 0 Å². The zero-order valence-electron chi connectivity index (χ0n) is 19.0. The topological polar surface area (TPSA) is 64.0 Å². The van der Waals surface area contributed by atoms with Crippen LogP contribution in [-0.4, -0.2) is 26.2 Å². The Morgan fingerprint density at radius 3 is 2.42 bits per heavy atom. The standard InChI is InChI=1S/C26H29N3O2S2/c1-15(22(30)28-26-11-16-8-17(12-26)10-18(9-16)13-26)33-25-27-23-21(24(31)29(25)2)20(14-32-23)19-6-4-3-5-7-19/h3-7,14-18H,8-13H2,1-2H3,(H,28,30). The van der Waals surface area contributed by atoms with E-state index in [0.717, 1.165) is 53.0 Å². The van der Waals surface area contributed by atoms with E-state index in [9.17, 15) is 9.59 Å². The Morgan fingerprint density at radius 2 is 1.79 bits per heavy atom. The van der Waals surface area contributed by atoms with Crippen molar-refractivity contribution in [1.82, 2.24) is 14.9 Å². The van der Waals surface area contributed by atoms with Crippen LogP contribution in [0.2, 0.25) is 0 Å². The summed E-state index contributed by atoms with van der Waals surface area (Å²) in [7, 11) is 1.76. The summed E-state index contributed by atoms with van der Waals surface area (Å²) in [5.41, 5.74) is 1.89. The van der Waals surface area contributed by atoms with Gasteiger partial charge in [0.25, 0.3) is 5.56 Å². The number of aromatic nitrogens is 2. The van der Waals surface area contributed by atoms with Gasteiger partial charge < -0.3 is 5.32 Å². The zero-order valence-corrected chi connectivity index (χ0v) is 20.7. The summed E-state index contributed by atoms with van der Waals surface area (Å²) in [6.07, 6.45) is 7.50. The molecule has 0 aliphatic heterocycles. The molecule has 1 amide bonds. The molecule has 1 N–H and O–H groups in total. The van der Waals surface area contributed by atoms with Crippen molar-refractivity contribution >= 4 is 39.2 Å². The molecule has 4 bridgehead atoms. The van der Waals surface area contributed by atoms with E-state index >= 15 is 0 Å². The maximum atomic E-state index is 13.3. The Hall–Kier alpha value is -2.12. The zero-order chi connectivity index (χ0) is 22.7. The van der Waals surface area contributed by atoms with Gasteiger partial charge in [0.05, 0.1) is 10.6 Å². The summed E-state index contributed by atoms with van der Waals surface area (Å²) in [5, 5.41) is 6.43. The second-order valence-electron chi connectivity index (χ2n) is 10.4. The van der Waals surface area contributed by atoms with Gasteiger partial charge in [-0.1, -0.05) is 42.1 Å². The molecule has 33 heavy (non-hydrogen) atoms. The number of thiophene rings is 1. The maximum absolute atomic E-state index is 13.3. The molecule has 7 heteroatoms. The number of nitrogens with one attached hydrogen (secondary N) is 1. The van der Waals surface area contributed by atoms with Gasteiger partial charge >= 0.3 is 0 Å². The minimum Gasteiger partial charge on any atom is -0.350 e. The largest absolute Gasteiger partial charge is 0.350 e. The van der Waals surface area contributed by atoms with E-state index in [0.29, 0.717) is 10.5 Å². The molecular formula is C26H29N3O2S2. The van der Waals surface area contributed by atoms with Gasteiger partial charge in [0.1, 0.15) is 4.83 Å². The predicted octanol–water partition coefficient (Wildman–Crippen LogP) is 5.23. The lowest BCUT2D eigenvalue weighted by Crippen LogP contribution is -2.60. The molecule has 4 aliphatic carbocycles. The normalized spacial score (nSPS) is 28.8. The van der Waals surface area contributed by atoms with Crippen LogP contribution in [0.1, 0.15) is 45.4 Å². The monoisotopic (exact) mass is 479 g/mol. The van der Waals surface area contributed by atoms with Gasteiger partial charge in [-0.15, -0.1) is 11.3 Å². The molecular weight excluding hydrogens is 450 g/mol. The van der Waals surface area contributed by atoms with Crippen LogP contribution in [0.25, 0.3) is 21.3 Å². The second-order valence-corrected chi connectivity index (χ2v) is 12.6. The first-order valence-electron chi connectivity index (χ1n) is 11.9. The summed E-state index contributed by atoms with van der Waals surface area (Å²) < 4.78 is 1.60. The predicted molar refractivity (Wildman–Crippen MR) is 135 cm³/mol. The van der Waals surface area contributed by atoms with Crippen LogP contribution in [0.15, 0.2) is 45.7 Å². The minimum absolute atomic E-state index is 0.00224. The fourth-order valence-electron chi connectivity index (χ4n) is 6.83. The number of hydrogen-bond acceptors (Lipinski definition) is 5. The number of amides is 1. The quantitative estimate of drug-likeness (QED) is 0.402. The lowest BCUT2D eigenvalue weighted by Gasteiger charge is -2.57. The van der Waals surface area contributed by atoms with Crippen molar-refractivity contribution in [3.05, 3.63) is 46.1 Å². The van der Waals surface area contributed by atoms with Crippen molar-refractivity contribution < 1.29 is 4.79 Å². The van der Waals surface area contributed by atoms with Crippen molar-refractivity contribution in [3.8, 4) is 11.1 Å². The van der Waals surface area contributed by atoms with Gasteiger partial charge in [-0.2, -0.15) is 0 Å². The van der Waals surface area contributed by atoms with Crippen LogP contribution < -0.4 is 10.9 Å². The molecule has 1 unspecified atom stereocenters. The van der Waals surface area contributed by atoms with Gasteiger partial charge in [-0.25, -0.2) is 4.98 Å². The number of fused-ring (bicyclic) bond motifs is 1. The first kappa shape index (κ1) is 21.4. The van der Waals surface area contributed by atoms with Crippen LogP contribution in [0.4, 0.5) is 0 Å². The van der Waals surface area contributed by atoms with Crippen molar-refractivity contribution in [2.75, 3.05) is 0 Å². The van der Waals surface area contributed by atoms with Crippen LogP contribution >= 0.6 is 23.1 Å². The Bertz CT molecular complexity index is 1240. The smallest absolute Gasteiger partial charge is 0.263 e. The first-order valence-corrected chi connectivity index (χ1v) is 13.7. The maximum Gasteiger partial charge on any atom is 0.263 e. The molecule has 5 nitrogen and oxygen atoms in total. The Labute approximate surface area is 202 Å². The van der Waals surface area contributed by atoms with E-state index < -0.39 is 0 Å². The van der Waals surface area contributed by atoms with Gasteiger partial charge in [0.15, 0.2) is 5.16 Å². The lowest BCUT2D eigenvalue weighted by atomic mass is 9.53. The third-order valence-electron chi connectivity index (χ3n) is 7.94. The van der Waals surface area contributed by atoms with E-state index in [-0.39, 0.29) is 22.3 Å². The lowest BCUT2D eigenvalue weighted by molar-refractivity contribution is -0.126. The molecule has 172 valence electrons. The van der Waals surface area contributed by atoms with Gasteiger partial charge in [0, 0.05) is 23.5 Å². The number of thioether (sulfide) groups is 1. The molecule has 1 atom stereocenters. The summed E-state index contributed by atoms with van der Waals surface area (Å²) in [4.78, 5) is 32.0. The number of rotatable bonds is 5. The van der Waals surface area contributed by atoms with E-state index in [1.165, 1.54) is 42.4 Å². The highest BCUT2D eigenvalue weighted by atomic mass is 32.2. The minimum atomic E-state index is -0.304. The average molecular weight is 480 g/mol. The molecule has 7 rings (SSSR count). The third kappa shape index (κ3) is 3.73. The summed E-state index contributed by atoms with van der Waals surface area (Å²) >= 11 is 2.87. The van der Waals surface area contributed by atoms with Crippen LogP contribution in [-0.2, 0) is 11.8 Å². The van der Waals surface area contributed by atoms with Crippen LogP contribution in [0.3, 0.4) is 0 Å². The summed E-state index contributed by atoms with van der Waals surface area (Å²) in [6, 6.07) is 9.95. The highest BCUT2D eigenvalue weighted by molar-refractivity contribution is 8.00. The molecule has 4 saturated carbocycles. The first-order chi connectivity index (χ1) is 15.9. The fraction of sp³-hybridized carbons (Fsp3) is 0.500. The highest BCUT2D eigenvalue weighted by Crippen LogP contribution is 2.55. The fourth-order valence-corrected chi connectivity index (χ4v) is 8.69. The van der Waals surface area contributed by atoms with Crippen LogP contribution in [0, 0.1) is 17.8 Å². The number of nitrogens with zero attached hydrogens (tertiary/aromatic N) is 2. The van der Waals surface area contributed by atoms with Crippen molar-refractivity contribution in [2.24, 2.45) is 24.8 Å². The SMILES string of the molecule is CC(Sc1nc2scc(-c3ccccc3)c2c(=O)n1C)C(=O)NC12CC3CC(CC(C3)C1)C2. The van der Waals surface area contributed by atoms with Gasteiger partial charge in [-0.05, 0) is 68.8 Å². The number of carbonyl (C=O) groups excluding carboxylic acids is 1. The average Bonchev–Trinajstić information content (AvgIpc) is 3.20. The molecule has 0 saturated heterocycles. The van der Waals surface area contributed by atoms with E-state index in [1.807, 2.05) is 42.6 Å². The molecule has 3 aromatic rings. The number of benzene rings is 1. The summed E-state index contributed by atoms with van der Waals surface area (Å²) in [5.74, 6) is 2.46. The molecule has 0 radical (unpaired) electrons. The molecule has 2 heterocycles. The molecule has 4 aliphatic rings. The van der Waals surface area contributed by atoms with Crippen molar-refractivity contribution in [2.45, 2.75) is 61.4 Å². The van der Waals surface area contributed by atoms with Gasteiger partial charge in [-0.3, -0.25) is 14.2 Å². The summed E-state index contributed by atoms with van der Waals surface area (Å²) in [6.45, 7) is 1.93. The van der Waals surface area contributed by atoms with E-state index in [1.54, 1.807) is 11.6 Å². The Kier molecular flexibility index (Phi) is 5.18. The molecule has 2 aromatic heterocycles. The third-order valence-corrected chi connectivity index (χ3v) is 9.95. The Morgan fingerprint density at radius 1 is 1.15 bits per heavy atom. The van der Waals surface area contributed by atoms with Crippen molar-refractivity contribution in [1.29, 1.82) is 0 Å². The number of carbonyl (C=O) groups is 1. The Balaban J connectivity index is 1.23. The molecule has 4 fully saturated rings. The molecule has 1 aromatic carbocycles. The highest BCUT2D eigenvalue weighted by Gasteiger charge is 2.51. The van der Waals surface area contributed by atoms with E-state index in [4.69, 9.17) is 4.98 Å². The van der Waals surface area contributed by atoms with Gasteiger partial charge in [0.2, 0.25) is 5.91 Å². The molecule has 0 spiro atoms. The van der Waals surface area contributed by atoms with Crippen molar-refractivity contribution in [3.63, 3.8) is 0 Å². The van der Waals surface area contributed by atoms with E-state index in [2.05, 4.69) is 5.32 Å². The number of hydrogen-bond donors (Lipinski definition) is 1. The second kappa shape index (κ2) is 7.98.